The van der Waals surface area contributed by atoms with Gasteiger partial charge in [0.15, 0.2) is 6.23 Å². The van der Waals surface area contributed by atoms with E-state index in [1.807, 2.05) is 62.4 Å². The highest BCUT2D eigenvalue weighted by atomic mass is 16.6. The van der Waals surface area contributed by atoms with Crippen LogP contribution >= 0.6 is 0 Å². The van der Waals surface area contributed by atoms with Gasteiger partial charge in [0.1, 0.15) is 11.2 Å². The number of benzene rings is 2. The molecule has 0 aliphatic carbocycles. The van der Waals surface area contributed by atoms with E-state index in [9.17, 15) is 14.4 Å². The molecule has 0 spiro atoms. The molecular formula is C23H24N2O5. The van der Waals surface area contributed by atoms with Crippen LogP contribution in [-0.2, 0) is 20.9 Å². The number of carbonyl (C=O) groups is 3. The molecule has 0 bridgehead atoms. The van der Waals surface area contributed by atoms with Crippen molar-refractivity contribution < 1.29 is 23.9 Å². The molecule has 0 radical (unpaired) electrons. The Hall–Kier alpha value is -3.35. The Kier molecular flexibility index (Phi) is 5.20. The molecule has 2 atom stereocenters. The lowest BCUT2D eigenvalue weighted by atomic mass is 9.71. The Morgan fingerprint density at radius 3 is 2.13 bits per heavy atom. The van der Waals surface area contributed by atoms with Crippen molar-refractivity contribution in [2.75, 3.05) is 0 Å². The van der Waals surface area contributed by atoms with Crippen molar-refractivity contribution in [1.29, 1.82) is 0 Å². The summed E-state index contributed by atoms with van der Waals surface area (Å²) in [6, 6.07) is 18.3. The average Bonchev–Trinajstić information content (AvgIpc) is 3.04. The van der Waals surface area contributed by atoms with Crippen molar-refractivity contribution in [3.05, 3.63) is 66.2 Å². The summed E-state index contributed by atoms with van der Waals surface area (Å²) in [5, 5.41) is 0. The molecule has 3 amide bonds. The Bertz CT molecular complexity index is 943. The summed E-state index contributed by atoms with van der Waals surface area (Å²) < 4.78 is 11.5. The maximum Gasteiger partial charge on any atom is 0.419 e. The molecule has 30 heavy (non-hydrogen) atoms. The zero-order valence-corrected chi connectivity index (χ0v) is 17.0. The van der Waals surface area contributed by atoms with Gasteiger partial charge >= 0.3 is 6.09 Å². The van der Waals surface area contributed by atoms with Gasteiger partial charge in [0.05, 0.1) is 6.54 Å². The predicted octanol–water partition coefficient (Wildman–Crippen LogP) is 3.55. The summed E-state index contributed by atoms with van der Waals surface area (Å²) in [5.74, 6) is -0.204. The molecule has 2 aromatic carbocycles. The Balaban J connectivity index is 1.59. The van der Waals surface area contributed by atoms with Crippen molar-refractivity contribution >= 4 is 17.9 Å². The normalized spacial score (nSPS) is 22.7. The second-order valence-electron chi connectivity index (χ2n) is 7.51. The highest BCUT2D eigenvalue weighted by Gasteiger charge is 2.66. The largest absolute Gasteiger partial charge is 0.469 e. The van der Waals surface area contributed by atoms with Gasteiger partial charge in [0.2, 0.25) is 5.91 Å². The number of cyclic esters (lactones) is 1. The number of likely N-dealkylation sites (tertiary alicyclic amines) is 1. The van der Waals surface area contributed by atoms with Crippen molar-refractivity contribution in [3.63, 3.8) is 0 Å². The molecule has 2 saturated heterocycles. The maximum atomic E-state index is 13.1. The molecule has 2 fully saturated rings. The van der Waals surface area contributed by atoms with Gasteiger partial charge < -0.3 is 9.47 Å². The van der Waals surface area contributed by atoms with Crippen molar-refractivity contribution in [2.45, 2.75) is 45.7 Å². The van der Waals surface area contributed by atoms with E-state index < -0.39 is 29.9 Å². The number of nitrogens with zero attached hydrogens (tertiary/aromatic N) is 2. The summed E-state index contributed by atoms with van der Waals surface area (Å²) in [6.07, 6.45) is -1.65. The zero-order valence-electron chi connectivity index (χ0n) is 17.0. The third-order valence-corrected chi connectivity index (χ3v) is 5.98. The summed E-state index contributed by atoms with van der Waals surface area (Å²) in [4.78, 5) is 40.9. The molecule has 156 valence electrons. The number of β-lactam (4-membered cyclic amide) rings is 1. The van der Waals surface area contributed by atoms with Crippen LogP contribution in [0.15, 0.2) is 60.7 Å². The minimum Gasteiger partial charge on any atom is -0.469 e. The molecule has 2 aliphatic heterocycles. The van der Waals surface area contributed by atoms with Gasteiger partial charge in [-0.05, 0) is 30.5 Å². The van der Waals surface area contributed by atoms with Crippen molar-refractivity contribution in [3.8, 4) is 5.75 Å². The van der Waals surface area contributed by atoms with E-state index >= 15 is 0 Å². The summed E-state index contributed by atoms with van der Waals surface area (Å²) >= 11 is 0. The highest BCUT2D eigenvalue weighted by molar-refractivity contribution is 6.03. The first kappa shape index (κ1) is 19.9. The third kappa shape index (κ3) is 3.10. The number of ether oxygens (including phenoxy) is 2. The Labute approximate surface area is 175 Å². The number of imide groups is 1. The monoisotopic (exact) mass is 408 g/mol. The van der Waals surface area contributed by atoms with Crippen LogP contribution in [-0.4, -0.2) is 40.2 Å². The van der Waals surface area contributed by atoms with Crippen LogP contribution in [0.2, 0.25) is 0 Å². The fraction of sp³-hybridized carbons (Fsp3) is 0.348. The molecule has 0 saturated carbocycles. The van der Waals surface area contributed by atoms with Crippen LogP contribution in [0, 0.1) is 5.41 Å². The second kappa shape index (κ2) is 7.82. The minimum atomic E-state index is -1.31. The maximum absolute atomic E-state index is 13.1. The Morgan fingerprint density at radius 2 is 1.53 bits per heavy atom. The van der Waals surface area contributed by atoms with E-state index in [4.69, 9.17) is 9.47 Å². The van der Waals surface area contributed by atoms with Gasteiger partial charge in [-0.15, -0.1) is 0 Å². The average molecular weight is 408 g/mol. The quantitative estimate of drug-likeness (QED) is 0.655. The molecule has 7 heteroatoms. The van der Waals surface area contributed by atoms with E-state index in [1.165, 1.54) is 4.90 Å². The topological polar surface area (TPSA) is 76.2 Å². The molecule has 2 aromatic rings. The van der Waals surface area contributed by atoms with Crippen LogP contribution in [0.4, 0.5) is 4.79 Å². The van der Waals surface area contributed by atoms with Gasteiger partial charge in [0.25, 0.3) is 12.1 Å². The third-order valence-electron chi connectivity index (χ3n) is 5.98. The first-order valence-corrected chi connectivity index (χ1v) is 10.1. The van der Waals surface area contributed by atoms with Gasteiger partial charge in [-0.2, -0.15) is 0 Å². The Morgan fingerprint density at radius 1 is 0.933 bits per heavy atom. The van der Waals surface area contributed by atoms with E-state index in [-0.39, 0.29) is 12.5 Å². The summed E-state index contributed by atoms with van der Waals surface area (Å²) in [5.41, 5.74) is 0.0435. The van der Waals surface area contributed by atoms with Gasteiger partial charge in [-0.3, -0.25) is 14.5 Å². The lowest BCUT2D eigenvalue weighted by Gasteiger charge is -2.55. The van der Waals surface area contributed by atoms with Gasteiger partial charge in [-0.1, -0.05) is 62.4 Å². The number of amides is 3. The van der Waals surface area contributed by atoms with Crippen LogP contribution in [0.1, 0.15) is 32.3 Å². The van der Waals surface area contributed by atoms with Crippen molar-refractivity contribution in [2.24, 2.45) is 5.41 Å². The number of hydrogen-bond acceptors (Lipinski definition) is 5. The molecule has 4 rings (SSSR count). The molecule has 2 aliphatic rings. The van der Waals surface area contributed by atoms with E-state index in [1.54, 1.807) is 12.1 Å². The van der Waals surface area contributed by atoms with E-state index in [0.29, 0.717) is 18.6 Å². The van der Waals surface area contributed by atoms with Gasteiger partial charge in [-0.25, -0.2) is 9.69 Å². The number of carbonyl (C=O) groups excluding carboxylic acids is 3. The van der Waals surface area contributed by atoms with Crippen LogP contribution in [0.25, 0.3) is 0 Å². The highest BCUT2D eigenvalue weighted by Crippen LogP contribution is 2.48. The fourth-order valence-electron chi connectivity index (χ4n) is 4.12. The fourth-order valence-corrected chi connectivity index (χ4v) is 4.12. The van der Waals surface area contributed by atoms with Crippen LogP contribution < -0.4 is 4.74 Å². The van der Waals surface area contributed by atoms with Crippen LogP contribution in [0.5, 0.6) is 5.75 Å². The summed E-state index contributed by atoms with van der Waals surface area (Å²) in [6.45, 7) is 3.93. The summed E-state index contributed by atoms with van der Waals surface area (Å²) in [7, 11) is 0. The minimum absolute atomic E-state index is 0.0912. The number of hydrogen-bond donors (Lipinski definition) is 0. The molecule has 0 N–H and O–H groups in total. The molecular weight excluding hydrogens is 384 g/mol. The lowest BCUT2D eigenvalue weighted by Crippen LogP contribution is -2.74. The molecule has 2 heterocycles. The van der Waals surface area contributed by atoms with E-state index in [0.717, 1.165) is 10.5 Å². The zero-order chi connectivity index (χ0) is 21.3. The second-order valence-corrected chi connectivity index (χ2v) is 7.51. The standard InChI is InChI=1S/C23H24N2O5/c1-3-23(4-2)20(27)25(21(23)29-17-13-9-6-10-14-17)19-18(26)24(22(28)30-19)15-16-11-7-5-8-12-16/h5-14,19,21H,3-4,15H2,1-2H3. The van der Waals surface area contributed by atoms with Crippen molar-refractivity contribution in [1.82, 2.24) is 9.80 Å². The first-order valence-electron chi connectivity index (χ1n) is 10.1. The SMILES string of the molecule is CCC1(CC)C(=O)N(C2OC(=O)N(Cc3ccccc3)C2=O)C1Oc1ccccc1. The molecule has 7 nitrogen and oxygen atoms in total. The smallest absolute Gasteiger partial charge is 0.419 e. The van der Waals surface area contributed by atoms with Crippen LogP contribution in [0.3, 0.4) is 0 Å². The predicted molar refractivity (Wildman–Crippen MR) is 108 cm³/mol. The van der Waals surface area contributed by atoms with E-state index in [2.05, 4.69) is 0 Å². The molecule has 2 unspecified atom stereocenters. The first-order chi connectivity index (χ1) is 14.5. The lowest BCUT2D eigenvalue weighted by molar-refractivity contribution is -0.225. The molecule has 0 aromatic heterocycles. The van der Waals surface area contributed by atoms with Gasteiger partial charge in [0, 0.05) is 0 Å². The number of para-hydroxylation sites is 1. The number of rotatable bonds is 7.